The average molecular weight is 579 g/mol. The summed E-state index contributed by atoms with van der Waals surface area (Å²) in [5.74, 6) is 1.16. The topological polar surface area (TPSA) is 144 Å². The number of hydrogen-bond acceptors (Lipinski definition) is 8. The van der Waals surface area contributed by atoms with Gasteiger partial charge in [0.2, 0.25) is 0 Å². The lowest BCUT2D eigenvalue weighted by atomic mass is 9.99. The fourth-order valence-corrected chi connectivity index (χ4v) is 5.74. The number of nitrogens with two attached hydrogens (primary N) is 1. The van der Waals surface area contributed by atoms with Gasteiger partial charge in [0.1, 0.15) is 35.0 Å². The number of carbonyl (C=O) groups is 1. The number of carbonyl (C=O) groups excluding carboxylic acids is 1. The second-order valence-corrected chi connectivity index (χ2v) is 11.7. The number of piperidine rings is 1. The van der Waals surface area contributed by atoms with Crippen molar-refractivity contribution in [2.75, 3.05) is 18.8 Å². The number of nitrogens with zero attached hydrogens (tertiary/aromatic N) is 6. The highest BCUT2D eigenvalue weighted by atomic mass is 16.5. The number of aromatic nitrogens is 4. The quantitative estimate of drug-likeness (QED) is 0.235. The fourth-order valence-electron chi connectivity index (χ4n) is 5.74. The first-order valence-electron chi connectivity index (χ1n) is 14.5. The molecule has 3 heterocycles. The maximum Gasteiger partial charge on any atom is 0.335 e. The molecule has 0 bridgehead atoms. The molecular weight excluding hydrogens is 544 g/mol. The van der Waals surface area contributed by atoms with E-state index in [2.05, 4.69) is 21.4 Å². The summed E-state index contributed by atoms with van der Waals surface area (Å²) in [5, 5.41) is 13.4. The number of hydrogen-bond donors (Lipinski definition) is 2. The molecular formula is C32H34N8O3. The van der Waals surface area contributed by atoms with Gasteiger partial charge in [-0.3, -0.25) is 13.9 Å². The predicted molar refractivity (Wildman–Crippen MR) is 163 cm³/mol. The third-order valence-electron chi connectivity index (χ3n) is 7.81. The third-order valence-corrected chi connectivity index (χ3v) is 7.81. The Balaban J connectivity index is 1.31. The molecule has 1 atom stereocenters. The normalized spacial score (nSPS) is 17.6. The molecule has 0 unspecified atom stereocenters. The van der Waals surface area contributed by atoms with Gasteiger partial charge in [0.15, 0.2) is 11.5 Å². The second kappa shape index (κ2) is 11.4. The summed E-state index contributed by atoms with van der Waals surface area (Å²) in [7, 11) is 0. The summed E-state index contributed by atoms with van der Waals surface area (Å²) < 4.78 is 9.03. The second-order valence-electron chi connectivity index (χ2n) is 11.7. The van der Waals surface area contributed by atoms with Gasteiger partial charge in [0.25, 0.3) is 5.91 Å². The number of likely N-dealkylation sites (tertiary alicyclic amines) is 1. The van der Waals surface area contributed by atoms with E-state index in [0.717, 1.165) is 12.8 Å². The first-order valence-corrected chi connectivity index (χ1v) is 14.5. The van der Waals surface area contributed by atoms with Crippen molar-refractivity contribution in [1.29, 1.82) is 5.26 Å². The minimum Gasteiger partial charge on any atom is -0.457 e. The molecule has 0 spiro atoms. The van der Waals surface area contributed by atoms with Gasteiger partial charge in [0.05, 0.1) is 11.7 Å². The van der Waals surface area contributed by atoms with Crippen LogP contribution in [0.25, 0.3) is 16.9 Å². The number of nitrogen functional groups attached to an aromatic ring is 1. The highest BCUT2D eigenvalue weighted by Gasteiger charge is 2.33. The molecule has 1 saturated heterocycles. The molecule has 1 amide bonds. The average Bonchev–Trinajstić information content (AvgIpc) is 3.76. The van der Waals surface area contributed by atoms with Gasteiger partial charge < -0.3 is 20.7 Å². The zero-order chi connectivity index (χ0) is 30.1. The van der Waals surface area contributed by atoms with Crippen LogP contribution < -0.4 is 21.5 Å². The molecule has 6 rings (SSSR count). The molecule has 220 valence electrons. The molecule has 1 saturated carbocycles. The highest BCUT2D eigenvalue weighted by Crippen LogP contribution is 2.30. The predicted octanol–water partition coefficient (Wildman–Crippen LogP) is 4.10. The molecule has 1 aliphatic heterocycles. The van der Waals surface area contributed by atoms with Crippen LogP contribution in [0.2, 0.25) is 0 Å². The van der Waals surface area contributed by atoms with Crippen molar-refractivity contribution in [3.8, 4) is 23.3 Å². The zero-order valence-corrected chi connectivity index (χ0v) is 24.2. The number of benzene rings is 2. The number of nitriles is 1. The Bertz CT molecular complexity index is 1780. The van der Waals surface area contributed by atoms with Gasteiger partial charge in [-0.15, -0.1) is 0 Å². The Morgan fingerprint density at radius 2 is 1.81 bits per heavy atom. The Hall–Kier alpha value is -4.95. The Morgan fingerprint density at radius 1 is 1.09 bits per heavy atom. The van der Waals surface area contributed by atoms with E-state index in [4.69, 9.17) is 10.5 Å². The van der Waals surface area contributed by atoms with Gasteiger partial charge >= 0.3 is 5.69 Å². The van der Waals surface area contributed by atoms with Crippen LogP contribution in [0.3, 0.4) is 0 Å². The molecule has 11 heteroatoms. The minimum atomic E-state index is -0.489. The lowest BCUT2D eigenvalue weighted by Crippen LogP contribution is -2.44. The fraction of sp³-hybridized carbons (Fsp3) is 0.344. The number of amides is 1. The largest absolute Gasteiger partial charge is 0.457 e. The first-order chi connectivity index (χ1) is 20.7. The van der Waals surface area contributed by atoms with Gasteiger partial charge in [-0.1, -0.05) is 18.2 Å². The lowest BCUT2D eigenvalue weighted by Gasteiger charge is -2.33. The van der Waals surface area contributed by atoms with Crippen molar-refractivity contribution in [3.63, 3.8) is 0 Å². The summed E-state index contributed by atoms with van der Waals surface area (Å²) >= 11 is 0. The molecule has 11 nitrogen and oxygen atoms in total. The van der Waals surface area contributed by atoms with Crippen LogP contribution in [0.4, 0.5) is 5.82 Å². The summed E-state index contributed by atoms with van der Waals surface area (Å²) in [6.45, 7) is 4.70. The maximum absolute atomic E-state index is 14.1. The number of fused-ring (bicyclic) bond motifs is 1. The molecule has 43 heavy (non-hydrogen) atoms. The van der Waals surface area contributed by atoms with Crippen LogP contribution in [0, 0.1) is 11.3 Å². The summed E-state index contributed by atoms with van der Waals surface area (Å²) in [4.78, 5) is 37.9. The van der Waals surface area contributed by atoms with Gasteiger partial charge in [-0.2, -0.15) is 5.26 Å². The number of para-hydroxylation sites is 1. The maximum atomic E-state index is 14.1. The summed E-state index contributed by atoms with van der Waals surface area (Å²) in [6.07, 6.45) is 6.59. The van der Waals surface area contributed by atoms with E-state index < -0.39 is 5.54 Å². The van der Waals surface area contributed by atoms with Gasteiger partial charge in [-0.05, 0) is 82.0 Å². The Labute approximate surface area is 249 Å². The van der Waals surface area contributed by atoms with E-state index in [-0.39, 0.29) is 35.6 Å². The van der Waals surface area contributed by atoms with Crippen LogP contribution >= 0.6 is 0 Å². The number of anilines is 1. The molecule has 2 aliphatic rings. The molecule has 2 fully saturated rings. The van der Waals surface area contributed by atoms with Crippen LogP contribution in [0.1, 0.15) is 45.6 Å². The van der Waals surface area contributed by atoms with Gasteiger partial charge in [0, 0.05) is 24.7 Å². The van der Waals surface area contributed by atoms with E-state index in [9.17, 15) is 14.9 Å². The van der Waals surface area contributed by atoms with Crippen molar-refractivity contribution in [3.05, 3.63) is 83.1 Å². The van der Waals surface area contributed by atoms with Crippen LogP contribution in [-0.2, 0) is 4.79 Å². The van der Waals surface area contributed by atoms with Gasteiger partial charge in [-0.25, -0.2) is 14.8 Å². The number of imidazole rings is 1. The Morgan fingerprint density at radius 3 is 2.51 bits per heavy atom. The zero-order valence-electron chi connectivity index (χ0n) is 24.2. The van der Waals surface area contributed by atoms with E-state index >= 15 is 0 Å². The van der Waals surface area contributed by atoms with E-state index in [1.54, 1.807) is 39.8 Å². The number of rotatable bonds is 8. The Kier molecular flexibility index (Phi) is 7.46. The smallest absolute Gasteiger partial charge is 0.335 e. The van der Waals surface area contributed by atoms with Crippen molar-refractivity contribution in [2.45, 2.75) is 57.2 Å². The van der Waals surface area contributed by atoms with E-state index in [1.165, 1.54) is 10.9 Å². The lowest BCUT2D eigenvalue weighted by molar-refractivity contribution is -0.128. The van der Waals surface area contributed by atoms with E-state index in [1.807, 2.05) is 44.2 Å². The van der Waals surface area contributed by atoms with Crippen LogP contribution in [-0.4, -0.2) is 54.6 Å². The summed E-state index contributed by atoms with van der Waals surface area (Å²) in [6, 6.07) is 18.7. The molecule has 0 radical (unpaired) electrons. The summed E-state index contributed by atoms with van der Waals surface area (Å²) in [5.41, 5.74) is 6.96. The van der Waals surface area contributed by atoms with Crippen molar-refractivity contribution in [2.24, 2.45) is 0 Å². The van der Waals surface area contributed by atoms with Crippen molar-refractivity contribution < 1.29 is 9.53 Å². The molecule has 3 N–H and O–H groups in total. The molecule has 4 aromatic rings. The molecule has 2 aromatic heterocycles. The molecule has 2 aromatic carbocycles. The third kappa shape index (κ3) is 5.87. The minimum absolute atomic E-state index is 0.0953. The standard InChI is InChI=1S/C32H34N8O3/c1-32(2,37-22-10-11-22)17-21(18-33)30(41)38-16-6-7-24(19-38)40-29-27(28(34)35-20-36-29)39(31(40)42)23-12-14-26(15-13-23)43-25-8-4-3-5-9-25/h3-5,8-9,12-15,17,20,22,24,37H,6-7,10-11,16,19H2,1-2H3,(H2,34,35,36)/t24-/m0/s1. The highest BCUT2D eigenvalue weighted by molar-refractivity contribution is 5.97. The SMILES string of the molecule is CC(C)(C=C(C#N)C(=O)N1CCC[C@H](n2c(=O)n(-c3ccc(Oc4ccccc4)cc3)c3c(N)ncnc32)C1)NC1CC1. The van der Waals surface area contributed by atoms with Crippen molar-refractivity contribution in [1.82, 2.24) is 29.3 Å². The monoisotopic (exact) mass is 578 g/mol. The first kappa shape index (κ1) is 28.2. The van der Waals surface area contributed by atoms with Crippen molar-refractivity contribution >= 4 is 22.9 Å². The number of nitrogens with one attached hydrogen (secondary N) is 1. The number of ether oxygens (including phenoxy) is 1. The van der Waals surface area contributed by atoms with E-state index in [0.29, 0.717) is 53.8 Å². The molecule has 1 aliphatic carbocycles. The van der Waals surface area contributed by atoms with Crippen LogP contribution in [0.15, 0.2) is 77.4 Å². The van der Waals surface area contributed by atoms with Crippen LogP contribution in [0.5, 0.6) is 11.5 Å².